The Labute approximate surface area is 121 Å². The maximum absolute atomic E-state index is 11.9. The Balaban J connectivity index is 2.11. The number of ether oxygens (including phenoxy) is 2. The van der Waals surface area contributed by atoms with E-state index in [0.717, 1.165) is 12.0 Å². The first kappa shape index (κ1) is 14.1. The molecular formula is C17H26O3. The molecule has 0 bridgehead atoms. The number of fused-ring (bicyclic) bond motifs is 2. The minimum atomic E-state index is -0.794. The van der Waals surface area contributed by atoms with Crippen LogP contribution in [0.1, 0.15) is 53.9 Å². The Kier molecular flexibility index (Phi) is 2.89. The van der Waals surface area contributed by atoms with Crippen LogP contribution in [0.2, 0.25) is 0 Å². The van der Waals surface area contributed by atoms with Gasteiger partial charge in [-0.15, -0.1) is 0 Å². The quantitative estimate of drug-likeness (QED) is 0.723. The van der Waals surface area contributed by atoms with Crippen LogP contribution >= 0.6 is 0 Å². The average Bonchev–Trinajstić information content (AvgIpc) is 2.80. The highest BCUT2D eigenvalue weighted by Gasteiger charge is 2.67. The molecule has 1 heterocycles. The van der Waals surface area contributed by atoms with Gasteiger partial charge in [-0.1, -0.05) is 27.7 Å². The molecule has 5 atom stereocenters. The molecule has 0 radical (unpaired) electrons. The van der Waals surface area contributed by atoms with Gasteiger partial charge in [-0.05, 0) is 42.4 Å². The molecule has 0 aromatic rings. The lowest BCUT2D eigenvalue weighted by Crippen LogP contribution is -2.56. The van der Waals surface area contributed by atoms with Gasteiger partial charge in [0.15, 0.2) is 0 Å². The summed E-state index contributed by atoms with van der Waals surface area (Å²) in [6, 6.07) is 0. The van der Waals surface area contributed by atoms with E-state index in [9.17, 15) is 4.79 Å². The van der Waals surface area contributed by atoms with Gasteiger partial charge in [0.2, 0.25) is 5.79 Å². The van der Waals surface area contributed by atoms with Crippen LogP contribution in [0.15, 0.2) is 11.6 Å². The molecule has 0 aromatic heterocycles. The first-order valence-corrected chi connectivity index (χ1v) is 7.88. The first-order valence-electron chi connectivity index (χ1n) is 7.88. The van der Waals surface area contributed by atoms with Crippen molar-refractivity contribution in [3.05, 3.63) is 11.6 Å². The van der Waals surface area contributed by atoms with Crippen LogP contribution in [0, 0.1) is 22.7 Å². The van der Waals surface area contributed by atoms with E-state index in [2.05, 4.69) is 27.7 Å². The summed E-state index contributed by atoms with van der Waals surface area (Å²) in [6.45, 7) is 11.9. The van der Waals surface area contributed by atoms with Gasteiger partial charge >= 0.3 is 5.97 Å². The Morgan fingerprint density at radius 2 is 2.05 bits per heavy atom. The summed E-state index contributed by atoms with van der Waals surface area (Å²) in [6.07, 6.45) is 4.96. The lowest BCUT2D eigenvalue weighted by molar-refractivity contribution is -0.240. The summed E-state index contributed by atoms with van der Waals surface area (Å²) >= 11 is 0. The molecule has 3 heteroatoms. The summed E-state index contributed by atoms with van der Waals surface area (Å²) in [4.78, 5) is 11.9. The van der Waals surface area contributed by atoms with E-state index in [0.29, 0.717) is 18.4 Å². The summed E-state index contributed by atoms with van der Waals surface area (Å²) < 4.78 is 11.7. The zero-order chi connectivity index (χ0) is 14.8. The predicted octanol–water partition coefficient (Wildman–Crippen LogP) is 3.68. The van der Waals surface area contributed by atoms with Crippen molar-refractivity contribution in [2.75, 3.05) is 6.61 Å². The molecule has 0 unspecified atom stereocenters. The van der Waals surface area contributed by atoms with Gasteiger partial charge in [0.1, 0.15) is 0 Å². The molecule has 0 aromatic carbocycles. The summed E-state index contributed by atoms with van der Waals surface area (Å²) in [7, 11) is 0. The topological polar surface area (TPSA) is 35.5 Å². The monoisotopic (exact) mass is 278 g/mol. The lowest BCUT2D eigenvalue weighted by atomic mass is 9.50. The zero-order valence-electron chi connectivity index (χ0n) is 13.3. The SMILES string of the molecule is CCO[C@@]12C[C@@]3(C)[C@H](C)CC[C@@]3(C)[C@H](C)C1=CC(=O)O2. The lowest BCUT2D eigenvalue weighted by Gasteiger charge is -2.57. The number of hydrogen-bond acceptors (Lipinski definition) is 3. The molecule has 3 rings (SSSR count). The molecule has 1 aliphatic heterocycles. The van der Waals surface area contributed by atoms with Crippen molar-refractivity contribution in [1.29, 1.82) is 0 Å². The van der Waals surface area contributed by atoms with Gasteiger partial charge < -0.3 is 9.47 Å². The standard InChI is InChI=1S/C17H26O3/c1-6-19-17-10-16(5)11(2)7-8-15(16,4)12(3)13(17)9-14(18)20-17/h9,11-12H,6-8,10H2,1-5H3/t11-,12-,15+,16+,17-/m1/s1. The highest BCUT2D eigenvalue weighted by atomic mass is 16.7. The fourth-order valence-electron chi connectivity index (χ4n) is 5.08. The molecule has 0 saturated heterocycles. The minimum absolute atomic E-state index is 0.156. The molecule has 20 heavy (non-hydrogen) atoms. The Hall–Kier alpha value is -0.830. The maximum atomic E-state index is 11.9. The van der Waals surface area contributed by atoms with Crippen LogP contribution in [-0.2, 0) is 14.3 Å². The zero-order valence-corrected chi connectivity index (χ0v) is 13.3. The van der Waals surface area contributed by atoms with Crippen LogP contribution in [-0.4, -0.2) is 18.4 Å². The average molecular weight is 278 g/mol. The van der Waals surface area contributed by atoms with E-state index in [1.807, 2.05) is 6.92 Å². The van der Waals surface area contributed by atoms with Gasteiger partial charge in [0.05, 0.1) is 0 Å². The van der Waals surface area contributed by atoms with Crippen LogP contribution < -0.4 is 0 Å². The third kappa shape index (κ3) is 1.47. The van der Waals surface area contributed by atoms with E-state index in [4.69, 9.17) is 9.47 Å². The Morgan fingerprint density at radius 1 is 1.35 bits per heavy atom. The molecule has 0 spiro atoms. The second-order valence-corrected chi connectivity index (χ2v) is 7.38. The number of hydrogen-bond donors (Lipinski definition) is 0. The fraction of sp³-hybridized carbons (Fsp3) is 0.824. The van der Waals surface area contributed by atoms with E-state index in [-0.39, 0.29) is 16.8 Å². The number of esters is 1. The molecule has 0 amide bonds. The van der Waals surface area contributed by atoms with Crippen LogP contribution in [0.5, 0.6) is 0 Å². The number of rotatable bonds is 2. The second-order valence-electron chi connectivity index (χ2n) is 7.38. The molecule has 0 N–H and O–H groups in total. The van der Waals surface area contributed by atoms with Gasteiger partial charge in [-0.25, -0.2) is 4.79 Å². The Morgan fingerprint density at radius 3 is 2.70 bits per heavy atom. The van der Waals surface area contributed by atoms with Crippen molar-refractivity contribution >= 4 is 5.97 Å². The van der Waals surface area contributed by atoms with Crippen LogP contribution in [0.25, 0.3) is 0 Å². The van der Waals surface area contributed by atoms with Crippen molar-refractivity contribution in [1.82, 2.24) is 0 Å². The van der Waals surface area contributed by atoms with Crippen molar-refractivity contribution in [2.24, 2.45) is 22.7 Å². The molecule has 112 valence electrons. The third-order valence-electron chi connectivity index (χ3n) is 6.87. The van der Waals surface area contributed by atoms with E-state index in [1.54, 1.807) is 6.08 Å². The van der Waals surface area contributed by atoms with Gasteiger partial charge in [0, 0.05) is 24.7 Å². The summed E-state index contributed by atoms with van der Waals surface area (Å²) in [5.41, 5.74) is 1.45. The summed E-state index contributed by atoms with van der Waals surface area (Å²) in [5, 5.41) is 0. The molecular weight excluding hydrogens is 252 g/mol. The minimum Gasteiger partial charge on any atom is -0.426 e. The second kappa shape index (κ2) is 4.09. The van der Waals surface area contributed by atoms with Crippen LogP contribution in [0.4, 0.5) is 0 Å². The van der Waals surface area contributed by atoms with Crippen LogP contribution in [0.3, 0.4) is 0 Å². The molecule has 2 saturated carbocycles. The first-order chi connectivity index (χ1) is 9.29. The number of carbonyl (C=O) groups excluding carboxylic acids is 1. The normalized spacial score (nSPS) is 50.5. The highest BCUT2D eigenvalue weighted by molar-refractivity contribution is 5.86. The van der Waals surface area contributed by atoms with Crippen molar-refractivity contribution in [3.63, 3.8) is 0 Å². The van der Waals surface area contributed by atoms with Crippen molar-refractivity contribution in [3.8, 4) is 0 Å². The molecule has 2 aliphatic carbocycles. The van der Waals surface area contributed by atoms with E-state index >= 15 is 0 Å². The highest BCUT2D eigenvalue weighted by Crippen LogP contribution is 2.69. The predicted molar refractivity (Wildman–Crippen MR) is 76.9 cm³/mol. The summed E-state index contributed by atoms with van der Waals surface area (Å²) in [5.74, 6) is -0.0737. The number of carbonyl (C=O) groups is 1. The smallest absolute Gasteiger partial charge is 0.333 e. The Bertz CT molecular complexity index is 483. The fourth-order valence-corrected chi connectivity index (χ4v) is 5.08. The maximum Gasteiger partial charge on any atom is 0.333 e. The largest absolute Gasteiger partial charge is 0.426 e. The van der Waals surface area contributed by atoms with Gasteiger partial charge in [-0.3, -0.25) is 0 Å². The van der Waals surface area contributed by atoms with Crippen molar-refractivity contribution < 1.29 is 14.3 Å². The van der Waals surface area contributed by atoms with Gasteiger partial charge in [0.25, 0.3) is 0 Å². The van der Waals surface area contributed by atoms with Crippen molar-refractivity contribution in [2.45, 2.75) is 59.7 Å². The van der Waals surface area contributed by atoms with E-state index in [1.165, 1.54) is 12.8 Å². The van der Waals surface area contributed by atoms with Gasteiger partial charge in [-0.2, -0.15) is 0 Å². The van der Waals surface area contributed by atoms with E-state index < -0.39 is 5.79 Å². The molecule has 2 fully saturated rings. The molecule has 3 aliphatic rings. The third-order valence-corrected chi connectivity index (χ3v) is 6.87. The molecule has 3 nitrogen and oxygen atoms in total.